The molecule has 8 heteroatoms. The first-order valence-electron chi connectivity index (χ1n) is 10.00. The zero-order valence-electron chi connectivity index (χ0n) is 18.9. The molecule has 0 rings (SSSR count). The summed E-state index contributed by atoms with van der Waals surface area (Å²) in [6.07, 6.45) is 3.20. The van der Waals surface area contributed by atoms with Crippen LogP contribution in [0.25, 0.3) is 0 Å². The van der Waals surface area contributed by atoms with Crippen LogP contribution in [-0.4, -0.2) is 78.6 Å². The van der Waals surface area contributed by atoms with E-state index in [1.807, 2.05) is 0 Å². The summed E-state index contributed by atoms with van der Waals surface area (Å²) in [5.41, 5.74) is 4.50. The van der Waals surface area contributed by atoms with Crippen LogP contribution in [0.1, 0.15) is 47.0 Å². The predicted octanol–water partition coefficient (Wildman–Crippen LogP) is 1.80. The lowest BCUT2D eigenvalue weighted by Gasteiger charge is -2.07. The van der Waals surface area contributed by atoms with Gasteiger partial charge in [0.2, 0.25) is 5.91 Å². The smallest absolute Gasteiger partial charge is 0.246 e. The second kappa shape index (κ2) is 28.2. The normalized spacial score (nSPS) is 9.86. The largest absolute Gasteiger partial charge is 0.385 e. The van der Waals surface area contributed by atoms with Crippen LogP contribution in [0.5, 0.6) is 0 Å². The van der Waals surface area contributed by atoms with Crippen molar-refractivity contribution in [3.8, 4) is 0 Å². The lowest BCUT2D eigenvalue weighted by atomic mass is 10.1. The lowest BCUT2D eigenvalue weighted by molar-refractivity contribution is -0.126. The Kier molecular flexibility index (Phi) is 31.8. The van der Waals surface area contributed by atoms with E-state index in [2.05, 4.69) is 31.8 Å². The number of carbonyl (C=O) groups excluding carboxylic acids is 2. The molecular weight excluding hydrogens is 364 g/mol. The number of Topliss-reactive ketones (excluding diaryl/α,β-unsaturated/α-hetero) is 1. The van der Waals surface area contributed by atoms with E-state index in [1.165, 1.54) is 20.4 Å². The van der Waals surface area contributed by atoms with E-state index in [0.717, 1.165) is 25.4 Å². The maximum Gasteiger partial charge on any atom is 0.246 e. The molecule has 0 heterocycles. The molecule has 0 aliphatic heterocycles. The molecule has 0 unspecified atom stereocenters. The zero-order valence-corrected chi connectivity index (χ0v) is 18.9. The molecule has 0 aliphatic rings. The van der Waals surface area contributed by atoms with E-state index >= 15 is 0 Å². The van der Waals surface area contributed by atoms with Gasteiger partial charge < -0.3 is 30.0 Å². The highest BCUT2D eigenvalue weighted by Gasteiger charge is 2.00. The minimum absolute atomic E-state index is 0.00432. The van der Waals surface area contributed by atoms with Crippen LogP contribution in [0.4, 0.5) is 0 Å². The molecule has 28 heavy (non-hydrogen) atoms. The summed E-state index contributed by atoms with van der Waals surface area (Å²) in [4.78, 5) is 21.8. The van der Waals surface area contributed by atoms with E-state index in [9.17, 15) is 9.59 Å². The highest BCUT2D eigenvalue weighted by molar-refractivity contribution is 5.77. The highest BCUT2D eigenvalue weighted by Crippen LogP contribution is 1.96. The molecule has 0 aromatic rings. The first-order chi connectivity index (χ1) is 13.4. The fourth-order valence-corrected chi connectivity index (χ4v) is 1.51. The molecule has 0 aromatic carbocycles. The summed E-state index contributed by atoms with van der Waals surface area (Å²) >= 11 is 0. The molecule has 0 saturated carbocycles. The fourth-order valence-electron chi connectivity index (χ4n) is 1.51. The van der Waals surface area contributed by atoms with Gasteiger partial charge in [-0.25, -0.2) is 0 Å². The number of hydrogen-bond donors (Lipinski definition) is 2. The summed E-state index contributed by atoms with van der Waals surface area (Å²) in [5.74, 6) is 0.641. The minimum Gasteiger partial charge on any atom is -0.385 e. The van der Waals surface area contributed by atoms with Crippen LogP contribution in [0.2, 0.25) is 0 Å². The van der Waals surface area contributed by atoms with E-state index in [-0.39, 0.29) is 24.9 Å². The lowest BCUT2D eigenvalue weighted by Crippen LogP contribution is -2.31. The Balaban J connectivity index is -0.000000581. The van der Waals surface area contributed by atoms with E-state index in [0.29, 0.717) is 33.0 Å². The van der Waals surface area contributed by atoms with Gasteiger partial charge in [-0.2, -0.15) is 0 Å². The van der Waals surface area contributed by atoms with Crippen molar-refractivity contribution < 1.29 is 28.5 Å². The standard InChI is InChI=1S/C13H25NO5.C6H14O.CH5N/c1-3-4-6-18-11-13(16)14-5-7-17-8-9-19-10-12(2)15;1-6(2)4-5-7-3;1-2/h3-11H2,1-2H3,(H,14,16);6H,4-5H2,1-3H3;2H2,1H3. The van der Waals surface area contributed by atoms with Crippen molar-refractivity contribution in [1.82, 2.24) is 5.32 Å². The second-order valence-electron chi connectivity index (χ2n) is 6.30. The van der Waals surface area contributed by atoms with Gasteiger partial charge in [0, 0.05) is 26.9 Å². The van der Waals surface area contributed by atoms with Crippen molar-refractivity contribution in [3.63, 3.8) is 0 Å². The van der Waals surface area contributed by atoms with Gasteiger partial charge in [0.1, 0.15) is 13.2 Å². The van der Waals surface area contributed by atoms with Crippen LogP contribution >= 0.6 is 0 Å². The maximum atomic E-state index is 11.3. The van der Waals surface area contributed by atoms with Crippen molar-refractivity contribution in [2.75, 3.05) is 67.0 Å². The Labute approximate surface area is 171 Å². The molecule has 0 aliphatic carbocycles. The summed E-state index contributed by atoms with van der Waals surface area (Å²) in [5, 5.41) is 2.68. The Hall–Kier alpha value is -1.06. The summed E-state index contributed by atoms with van der Waals surface area (Å²) < 4.78 is 20.3. The quantitative estimate of drug-likeness (QED) is 0.375. The van der Waals surface area contributed by atoms with Gasteiger partial charge in [-0.05, 0) is 32.7 Å². The van der Waals surface area contributed by atoms with Crippen molar-refractivity contribution in [3.05, 3.63) is 0 Å². The summed E-state index contributed by atoms with van der Waals surface area (Å²) in [6.45, 7) is 11.3. The van der Waals surface area contributed by atoms with Crippen LogP contribution < -0.4 is 11.1 Å². The predicted molar refractivity (Wildman–Crippen MR) is 112 cm³/mol. The Morgan fingerprint density at radius 2 is 1.54 bits per heavy atom. The average molecular weight is 409 g/mol. The average Bonchev–Trinajstić information content (AvgIpc) is 2.67. The molecule has 1 amide bonds. The summed E-state index contributed by atoms with van der Waals surface area (Å²) in [7, 11) is 3.24. The zero-order chi connectivity index (χ0) is 22.0. The number of nitrogens with two attached hydrogens (primary N) is 1. The number of unbranched alkanes of at least 4 members (excludes halogenated alkanes) is 1. The number of ether oxygens (including phenoxy) is 4. The van der Waals surface area contributed by atoms with Crippen LogP contribution in [0.3, 0.4) is 0 Å². The van der Waals surface area contributed by atoms with E-state index < -0.39 is 0 Å². The van der Waals surface area contributed by atoms with E-state index in [4.69, 9.17) is 18.9 Å². The number of rotatable bonds is 16. The number of carbonyl (C=O) groups is 2. The molecule has 0 saturated heterocycles. The first kappa shape index (κ1) is 31.6. The third-order valence-corrected chi connectivity index (χ3v) is 3.02. The number of amides is 1. The molecule has 0 atom stereocenters. The number of nitrogens with one attached hydrogen (secondary N) is 1. The first-order valence-corrected chi connectivity index (χ1v) is 10.00. The Morgan fingerprint density at radius 3 is 2.04 bits per heavy atom. The van der Waals surface area contributed by atoms with Crippen LogP contribution in [0, 0.1) is 5.92 Å². The topological polar surface area (TPSA) is 109 Å². The number of methoxy groups -OCH3 is 1. The second-order valence-corrected chi connectivity index (χ2v) is 6.30. The number of ketones is 1. The minimum atomic E-state index is -0.132. The highest BCUT2D eigenvalue weighted by atomic mass is 16.5. The molecule has 3 N–H and O–H groups in total. The van der Waals surface area contributed by atoms with Gasteiger partial charge in [0.05, 0.1) is 19.8 Å². The third kappa shape index (κ3) is 35.9. The van der Waals surface area contributed by atoms with Crippen LogP contribution in [0.15, 0.2) is 0 Å². The van der Waals surface area contributed by atoms with Gasteiger partial charge in [0.25, 0.3) is 0 Å². The van der Waals surface area contributed by atoms with Crippen molar-refractivity contribution in [2.45, 2.75) is 47.0 Å². The van der Waals surface area contributed by atoms with Crippen LogP contribution in [-0.2, 0) is 28.5 Å². The fraction of sp³-hybridized carbons (Fsp3) is 0.900. The molecule has 0 aromatic heterocycles. The van der Waals surface area contributed by atoms with Gasteiger partial charge in [0.15, 0.2) is 5.78 Å². The van der Waals surface area contributed by atoms with Gasteiger partial charge in [-0.1, -0.05) is 27.2 Å². The number of hydrogen-bond acceptors (Lipinski definition) is 7. The van der Waals surface area contributed by atoms with Crippen molar-refractivity contribution in [2.24, 2.45) is 11.7 Å². The molecule has 0 fully saturated rings. The Bertz CT molecular complexity index is 328. The maximum absolute atomic E-state index is 11.3. The van der Waals surface area contributed by atoms with E-state index in [1.54, 1.807) is 7.11 Å². The van der Waals surface area contributed by atoms with Gasteiger partial charge in [-0.3, -0.25) is 9.59 Å². The summed E-state index contributed by atoms with van der Waals surface area (Å²) in [6, 6.07) is 0. The molecule has 0 radical (unpaired) electrons. The molecule has 170 valence electrons. The van der Waals surface area contributed by atoms with Gasteiger partial charge in [-0.15, -0.1) is 0 Å². The molecule has 0 bridgehead atoms. The third-order valence-electron chi connectivity index (χ3n) is 3.02. The van der Waals surface area contributed by atoms with Crippen molar-refractivity contribution >= 4 is 11.7 Å². The molecular formula is C20H44N2O6. The Morgan fingerprint density at radius 1 is 0.929 bits per heavy atom. The van der Waals surface area contributed by atoms with Gasteiger partial charge >= 0.3 is 0 Å². The monoisotopic (exact) mass is 408 g/mol. The molecule has 8 nitrogen and oxygen atoms in total. The molecule has 0 spiro atoms. The SMILES string of the molecule is CCCCOCC(=O)NCCOCCOCC(C)=O.CN.COCCC(C)C. The van der Waals surface area contributed by atoms with Crippen molar-refractivity contribution in [1.29, 1.82) is 0 Å².